The molecule has 0 aromatic heterocycles. The Kier molecular flexibility index (Phi) is 4.12. The van der Waals surface area contributed by atoms with Crippen LogP contribution >= 0.6 is 0 Å². The van der Waals surface area contributed by atoms with E-state index in [4.69, 9.17) is 9.47 Å². The van der Waals surface area contributed by atoms with E-state index >= 15 is 0 Å². The van der Waals surface area contributed by atoms with Crippen LogP contribution in [0.3, 0.4) is 0 Å². The second kappa shape index (κ2) is 5.39. The molecule has 1 aliphatic rings. The molecule has 1 atom stereocenters. The molecule has 1 N–H and O–H groups in total. The lowest BCUT2D eigenvalue weighted by atomic mass is 10.4. The second-order valence-corrected chi connectivity index (χ2v) is 2.91. The van der Waals surface area contributed by atoms with Crippen LogP contribution in [0, 0.1) is 0 Å². The predicted octanol–water partition coefficient (Wildman–Crippen LogP) is 0.0799. The molecule has 0 radical (unpaired) electrons. The largest absolute Gasteiger partial charge is 0.482 e. The molecule has 0 saturated carbocycles. The molecule has 0 amide bonds. The molecule has 5 nitrogen and oxygen atoms in total. The number of allylic oxidation sites excluding steroid dienone is 1. The van der Waals surface area contributed by atoms with Gasteiger partial charge in [-0.05, 0) is 6.92 Å². The minimum atomic E-state index is -0.172. The van der Waals surface area contributed by atoms with Crippen molar-refractivity contribution in [3.63, 3.8) is 0 Å². The zero-order valence-electron chi connectivity index (χ0n) is 8.32. The number of methoxy groups -OCH3 is 1. The van der Waals surface area contributed by atoms with Crippen LogP contribution in [0.15, 0.2) is 17.0 Å². The molecule has 0 aromatic carbocycles. The van der Waals surface area contributed by atoms with Crippen LogP contribution in [0.4, 0.5) is 0 Å². The zero-order valence-corrected chi connectivity index (χ0v) is 8.32. The molecule has 1 heterocycles. The van der Waals surface area contributed by atoms with Crippen molar-refractivity contribution in [3.05, 3.63) is 12.0 Å². The molecule has 1 aliphatic heterocycles. The Morgan fingerprint density at radius 1 is 1.71 bits per heavy atom. The van der Waals surface area contributed by atoms with E-state index in [1.165, 1.54) is 6.92 Å². The summed E-state index contributed by atoms with van der Waals surface area (Å²) in [6.07, 6.45) is 3.20. The molecule has 0 spiro atoms. The predicted molar refractivity (Wildman–Crippen MR) is 52.0 cm³/mol. The van der Waals surface area contributed by atoms with Gasteiger partial charge in [0.05, 0.1) is 13.7 Å². The third kappa shape index (κ3) is 3.57. The lowest BCUT2D eigenvalue weighted by Gasteiger charge is -2.19. The summed E-state index contributed by atoms with van der Waals surface area (Å²) in [5.74, 6) is 0.656. The number of ketones is 1. The maximum Gasteiger partial charge on any atom is 0.189 e. The number of aliphatic imine (C=N–C) groups is 1. The summed E-state index contributed by atoms with van der Waals surface area (Å²) in [5, 5.41) is 2.98. The van der Waals surface area contributed by atoms with Gasteiger partial charge in [0, 0.05) is 12.3 Å². The van der Waals surface area contributed by atoms with E-state index in [-0.39, 0.29) is 18.6 Å². The average molecular weight is 198 g/mol. The minimum Gasteiger partial charge on any atom is -0.482 e. The normalized spacial score (nSPS) is 19.9. The molecule has 0 aliphatic carbocycles. The topological polar surface area (TPSA) is 59.9 Å². The summed E-state index contributed by atoms with van der Waals surface area (Å²) in [4.78, 5) is 14.7. The Balaban J connectivity index is 2.24. The second-order valence-electron chi connectivity index (χ2n) is 2.91. The fourth-order valence-electron chi connectivity index (χ4n) is 0.990. The number of carbonyl (C=O) groups excluding carboxylic acids is 1. The first-order valence-corrected chi connectivity index (χ1v) is 4.33. The van der Waals surface area contributed by atoms with Gasteiger partial charge in [-0.3, -0.25) is 9.79 Å². The highest BCUT2D eigenvalue weighted by atomic mass is 16.5. The van der Waals surface area contributed by atoms with E-state index in [1.807, 2.05) is 0 Å². The first-order chi connectivity index (χ1) is 6.72. The van der Waals surface area contributed by atoms with Gasteiger partial charge in [0.15, 0.2) is 11.7 Å². The molecular weight excluding hydrogens is 184 g/mol. The van der Waals surface area contributed by atoms with E-state index < -0.39 is 0 Å². The zero-order chi connectivity index (χ0) is 10.4. The smallest absolute Gasteiger partial charge is 0.189 e. The molecule has 5 heteroatoms. The molecule has 78 valence electrons. The van der Waals surface area contributed by atoms with Gasteiger partial charge in [0.1, 0.15) is 12.8 Å². The summed E-state index contributed by atoms with van der Waals surface area (Å²) in [5.41, 5.74) is 0. The minimum absolute atomic E-state index is 0.00676. The Bertz CT molecular complexity index is 261. The molecule has 1 rings (SSSR count). The van der Waals surface area contributed by atoms with Crippen molar-refractivity contribution < 1.29 is 14.3 Å². The average Bonchev–Trinajstić information content (AvgIpc) is 2.18. The van der Waals surface area contributed by atoms with Gasteiger partial charge in [0.2, 0.25) is 0 Å². The van der Waals surface area contributed by atoms with Crippen molar-refractivity contribution >= 4 is 12.0 Å². The summed E-state index contributed by atoms with van der Waals surface area (Å²) < 4.78 is 10.1. The van der Waals surface area contributed by atoms with Crippen molar-refractivity contribution in [3.8, 4) is 0 Å². The SMILES string of the molecule is COC1=CC=NC(COCC(C)=O)N1. The highest BCUT2D eigenvalue weighted by molar-refractivity contribution is 5.76. The third-order valence-electron chi connectivity index (χ3n) is 1.60. The third-order valence-corrected chi connectivity index (χ3v) is 1.60. The van der Waals surface area contributed by atoms with Gasteiger partial charge in [-0.1, -0.05) is 0 Å². The van der Waals surface area contributed by atoms with Crippen LogP contribution in [0.5, 0.6) is 0 Å². The van der Waals surface area contributed by atoms with Gasteiger partial charge in [-0.25, -0.2) is 0 Å². The molecule has 14 heavy (non-hydrogen) atoms. The maximum absolute atomic E-state index is 10.6. The molecule has 0 saturated heterocycles. The molecule has 0 aromatic rings. The van der Waals surface area contributed by atoms with E-state index in [1.54, 1.807) is 19.4 Å². The number of nitrogens with zero attached hydrogens (tertiary/aromatic N) is 1. The van der Waals surface area contributed by atoms with Crippen molar-refractivity contribution in [1.82, 2.24) is 5.32 Å². The Morgan fingerprint density at radius 3 is 3.14 bits per heavy atom. The van der Waals surface area contributed by atoms with Crippen LogP contribution in [-0.4, -0.2) is 38.5 Å². The van der Waals surface area contributed by atoms with Crippen LogP contribution in [0.25, 0.3) is 0 Å². The van der Waals surface area contributed by atoms with E-state index in [9.17, 15) is 4.79 Å². The molecule has 0 fully saturated rings. The van der Waals surface area contributed by atoms with Crippen molar-refractivity contribution in [1.29, 1.82) is 0 Å². The van der Waals surface area contributed by atoms with E-state index in [2.05, 4.69) is 10.3 Å². The lowest BCUT2D eigenvalue weighted by Crippen LogP contribution is -2.34. The quantitative estimate of drug-likeness (QED) is 0.679. The molecular formula is C9H14N2O3. The highest BCUT2D eigenvalue weighted by Crippen LogP contribution is 2.00. The Morgan fingerprint density at radius 2 is 2.50 bits per heavy atom. The first kappa shape index (κ1) is 10.7. The monoisotopic (exact) mass is 198 g/mol. The summed E-state index contributed by atoms with van der Waals surface area (Å²) in [6.45, 7) is 1.97. The highest BCUT2D eigenvalue weighted by Gasteiger charge is 2.11. The summed E-state index contributed by atoms with van der Waals surface area (Å²) in [7, 11) is 1.57. The van der Waals surface area contributed by atoms with Gasteiger partial charge in [0.25, 0.3) is 0 Å². The van der Waals surface area contributed by atoms with Crippen LogP contribution < -0.4 is 5.32 Å². The number of nitrogens with one attached hydrogen (secondary N) is 1. The molecule has 0 bridgehead atoms. The number of hydrogen-bond donors (Lipinski definition) is 1. The number of hydrogen-bond acceptors (Lipinski definition) is 5. The lowest BCUT2D eigenvalue weighted by molar-refractivity contribution is -0.121. The van der Waals surface area contributed by atoms with Crippen molar-refractivity contribution in [2.75, 3.05) is 20.3 Å². The van der Waals surface area contributed by atoms with Gasteiger partial charge in [-0.2, -0.15) is 0 Å². The Labute approximate surface area is 82.8 Å². The number of rotatable bonds is 5. The maximum atomic E-state index is 10.6. The standard InChI is InChI=1S/C9H14N2O3/c1-7(12)5-14-6-8-10-4-3-9(11-8)13-2/h3-4,8,11H,5-6H2,1-2H3. The Hall–Kier alpha value is -1.36. The van der Waals surface area contributed by atoms with E-state index in [0.717, 1.165) is 0 Å². The van der Waals surface area contributed by atoms with E-state index in [0.29, 0.717) is 12.5 Å². The van der Waals surface area contributed by atoms with Gasteiger partial charge in [-0.15, -0.1) is 0 Å². The van der Waals surface area contributed by atoms with Crippen molar-refractivity contribution in [2.24, 2.45) is 4.99 Å². The van der Waals surface area contributed by atoms with Crippen LogP contribution in [0.1, 0.15) is 6.92 Å². The van der Waals surface area contributed by atoms with Crippen LogP contribution in [-0.2, 0) is 14.3 Å². The van der Waals surface area contributed by atoms with Gasteiger partial charge < -0.3 is 14.8 Å². The fourth-order valence-corrected chi connectivity index (χ4v) is 0.990. The first-order valence-electron chi connectivity index (χ1n) is 4.33. The summed E-state index contributed by atoms with van der Waals surface area (Å²) >= 11 is 0. The van der Waals surface area contributed by atoms with Gasteiger partial charge >= 0.3 is 0 Å². The van der Waals surface area contributed by atoms with Crippen molar-refractivity contribution in [2.45, 2.75) is 13.1 Å². The number of carbonyl (C=O) groups is 1. The summed E-state index contributed by atoms with van der Waals surface area (Å²) in [6, 6.07) is 0. The fraction of sp³-hybridized carbons (Fsp3) is 0.556. The molecule has 1 unspecified atom stereocenters. The van der Waals surface area contributed by atoms with Crippen LogP contribution in [0.2, 0.25) is 0 Å². The number of ether oxygens (including phenoxy) is 2. The number of Topliss-reactive ketones (excluding diaryl/α,β-unsaturated/α-hetero) is 1.